The third-order valence-electron chi connectivity index (χ3n) is 3.45. The van der Waals surface area contributed by atoms with E-state index in [2.05, 4.69) is 24.0 Å². The molecule has 1 heterocycles. The van der Waals surface area contributed by atoms with Crippen molar-refractivity contribution in [3.05, 3.63) is 47.4 Å². The van der Waals surface area contributed by atoms with Gasteiger partial charge in [0.05, 0.1) is 5.25 Å². The van der Waals surface area contributed by atoms with E-state index in [4.69, 9.17) is 4.42 Å². The molecule has 3 atom stereocenters. The normalized spacial score (nSPS) is 15.7. The van der Waals surface area contributed by atoms with Gasteiger partial charge in [-0.25, -0.2) is 4.39 Å². The van der Waals surface area contributed by atoms with Crippen LogP contribution in [0.1, 0.15) is 55.5 Å². The van der Waals surface area contributed by atoms with Crippen LogP contribution in [0.5, 0.6) is 0 Å². The Bertz CT molecular complexity index is 657. The summed E-state index contributed by atoms with van der Waals surface area (Å²) in [4.78, 5) is 0. The van der Waals surface area contributed by atoms with Crippen molar-refractivity contribution < 1.29 is 13.0 Å². The molecule has 0 aliphatic rings. The van der Waals surface area contributed by atoms with Crippen molar-refractivity contribution in [1.82, 2.24) is 10.2 Å². The lowest BCUT2D eigenvalue weighted by Crippen LogP contribution is -2.11. The van der Waals surface area contributed by atoms with Crippen molar-refractivity contribution in [1.29, 1.82) is 0 Å². The SMILES string of the molecule is CC(C)Cc1nnc([C@H](C)[S@@](=O)[C@@H](C)c2ccccc2F)o1. The summed E-state index contributed by atoms with van der Waals surface area (Å²) in [6, 6.07) is 6.39. The van der Waals surface area contributed by atoms with Crippen LogP contribution in [-0.4, -0.2) is 14.4 Å². The van der Waals surface area contributed by atoms with Gasteiger partial charge in [0.1, 0.15) is 11.1 Å². The van der Waals surface area contributed by atoms with Gasteiger partial charge in [-0.1, -0.05) is 32.0 Å². The van der Waals surface area contributed by atoms with E-state index >= 15 is 0 Å². The first-order valence-electron chi connectivity index (χ1n) is 7.36. The lowest BCUT2D eigenvalue weighted by molar-refractivity contribution is 0.424. The molecule has 1 aromatic carbocycles. The number of hydrogen-bond donors (Lipinski definition) is 0. The minimum Gasteiger partial charge on any atom is -0.424 e. The van der Waals surface area contributed by atoms with E-state index in [-0.39, 0.29) is 5.82 Å². The van der Waals surface area contributed by atoms with Crippen molar-refractivity contribution in [2.45, 2.75) is 44.6 Å². The molecule has 0 radical (unpaired) electrons. The molecule has 1 aromatic heterocycles. The molecule has 0 bridgehead atoms. The first-order valence-corrected chi connectivity index (χ1v) is 8.63. The van der Waals surface area contributed by atoms with Gasteiger partial charge in [0.15, 0.2) is 0 Å². The maximum atomic E-state index is 13.8. The van der Waals surface area contributed by atoms with Crippen LogP contribution in [0.15, 0.2) is 28.7 Å². The van der Waals surface area contributed by atoms with Crippen molar-refractivity contribution in [3.63, 3.8) is 0 Å². The average Bonchev–Trinajstić information content (AvgIpc) is 2.93. The Kier molecular flexibility index (Phi) is 5.45. The molecule has 0 aliphatic heterocycles. The highest BCUT2D eigenvalue weighted by Gasteiger charge is 2.27. The van der Waals surface area contributed by atoms with Gasteiger partial charge in [-0.15, -0.1) is 10.2 Å². The molecule has 0 saturated carbocycles. The van der Waals surface area contributed by atoms with Crippen LogP contribution in [0.25, 0.3) is 0 Å². The first-order chi connectivity index (χ1) is 10.4. The molecule has 4 nitrogen and oxygen atoms in total. The molecule has 0 spiro atoms. The van der Waals surface area contributed by atoms with Gasteiger partial charge in [0.2, 0.25) is 11.8 Å². The Balaban J connectivity index is 2.15. The maximum absolute atomic E-state index is 13.8. The number of hydrogen-bond acceptors (Lipinski definition) is 4. The highest BCUT2D eigenvalue weighted by Crippen LogP contribution is 2.30. The summed E-state index contributed by atoms with van der Waals surface area (Å²) in [6.07, 6.45) is 0.690. The van der Waals surface area contributed by atoms with Crippen molar-refractivity contribution in [2.24, 2.45) is 5.92 Å². The molecule has 0 fully saturated rings. The number of nitrogens with zero attached hydrogens (tertiary/aromatic N) is 2. The summed E-state index contributed by atoms with van der Waals surface area (Å²) in [5.41, 5.74) is 0.439. The van der Waals surface area contributed by atoms with Crippen LogP contribution in [0.4, 0.5) is 4.39 Å². The summed E-state index contributed by atoms with van der Waals surface area (Å²) >= 11 is 0. The van der Waals surface area contributed by atoms with E-state index in [1.807, 2.05) is 0 Å². The highest BCUT2D eigenvalue weighted by molar-refractivity contribution is 7.85. The molecule has 2 aromatic rings. The highest BCUT2D eigenvalue weighted by atomic mass is 32.2. The van der Waals surface area contributed by atoms with E-state index < -0.39 is 21.3 Å². The minimum atomic E-state index is -1.36. The summed E-state index contributed by atoms with van der Waals surface area (Å²) in [7, 11) is -1.36. The van der Waals surface area contributed by atoms with Crippen molar-refractivity contribution >= 4 is 10.8 Å². The van der Waals surface area contributed by atoms with E-state index in [9.17, 15) is 8.60 Å². The second kappa shape index (κ2) is 7.13. The van der Waals surface area contributed by atoms with Gasteiger partial charge < -0.3 is 4.42 Å². The standard InChI is InChI=1S/C16H21FN2O2S/c1-10(2)9-15-18-19-16(21-15)12(4)22(20)11(3)13-7-5-6-8-14(13)17/h5-8,10-12H,9H2,1-4H3/t11-,12-,22-/m0/s1. The molecule has 2 rings (SSSR count). The monoisotopic (exact) mass is 324 g/mol. The zero-order valence-electron chi connectivity index (χ0n) is 13.2. The van der Waals surface area contributed by atoms with E-state index in [1.165, 1.54) is 6.07 Å². The fourth-order valence-corrected chi connectivity index (χ4v) is 3.55. The first kappa shape index (κ1) is 16.8. The Morgan fingerprint density at radius 3 is 2.45 bits per heavy atom. The van der Waals surface area contributed by atoms with Gasteiger partial charge in [-0.2, -0.15) is 0 Å². The zero-order valence-corrected chi connectivity index (χ0v) is 14.1. The largest absolute Gasteiger partial charge is 0.424 e. The van der Waals surface area contributed by atoms with Crippen LogP contribution >= 0.6 is 0 Å². The Morgan fingerprint density at radius 1 is 1.14 bits per heavy atom. The quantitative estimate of drug-likeness (QED) is 0.806. The van der Waals surface area contributed by atoms with Crippen LogP contribution in [0.3, 0.4) is 0 Å². The third kappa shape index (κ3) is 3.80. The Hall–Kier alpha value is -1.56. The second-order valence-electron chi connectivity index (χ2n) is 5.77. The van der Waals surface area contributed by atoms with Gasteiger partial charge >= 0.3 is 0 Å². The topological polar surface area (TPSA) is 56.0 Å². The molecule has 0 aliphatic carbocycles. The minimum absolute atomic E-state index is 0.345. The molecule has 0 unspecified atom stereocenters. The predicted octanol–water partition coefficient (Wildman–Crippen LogP) is 3.98. The Labute approximate surface area is 132 Å². The number of benzene rings is 1. The van der Waals surface area contributed by atoms with Gasteiger partial charge in [0, 0.05) is 22.8 Å². The van der Waals surface area contributed by atoms with Crippen LogP contribution in [0, 0.1) is 11.7 Å². The lowest BCUT2D eigenvalue weighted by atomic mass is 10.1. The summed E-state index contributed by atoms with van der Waals surface area (Å²) in [6.45, 7) is 7.63. The number of aromatic nitrogens is 2. The lowest BCUT2D eigenvalue weighted by Gasteiger charge is -2.15. The Morgan fingerprint density at radius 2 is 1.82 bits per heavy atom. The van der Waals surface area contributed by atoms with Crippen LogP contribution in [0.2, 0.25) is 0 Å². The van der Waals surface area contributed by atoms with E-state index in [0.29, 0.717) is 29.7 Å². The molecular weight excluding hydrogens is 303 g/mol. The molecule has 0 amide bonds. The van der Waals surface area contributed by atoms with Gasteiger partial charge in [-0.05, 0) is 25.8 Å². The molecule has 22 heavy (non-hydrogen) atoms. The van der Waals surface area contributed by atoms with Crippen LogP contribution in [-0.2, 0) is 17.2 Å². The molecule has 6 heteroatoms. The average molecular weight is 324 g/mol. The summed E-state index contributed by atoms with van der Waals surface area (Å²) in [5, 5.41) is 7.08. The fraction of sp³-hybridized carbons (Fsp3) is 0.500. The zero-order chi connectivity index (χ0) is 16.3. The van der Waals surface area contributed by atoms with E-state index in [0.717, 1.165) is 0 Å². The molecule has 120 valence electrons. The van der Waals surface area contributed by atoms with Crippen molar-refractivity contribution in [3.8, 4) is 0 Å². The van der Waals surface area contributed by atoms with Gasteiger partial charge in [0.25, 0.3) is 0 Å². The molecule has 0 N–H and O–H groups in total. The van der Waals surface area contributed by atoms with Gasteiger partial charge in [-0.3, -0.25) is 4.21 Å². The van der Waals surface area contributed by atoms with Crippen molar-refractivity contribution in [2.75, 3.05) is 0 Å². The molecule has 0 saturated heterocycles. The smallest absolute Gasteiger partial charge is 0.231 e. The summed E-state index contributed by atoms with van der Waals surface area (Å²) < 4.78 is 32.1. The number of rotatable bonds is 6. The number of halogens is 1. The van der Waals surface area contributed by atoms with Crippen LogP contribution < -0.4 is 0 Å². The predicted molar refractivity (Wildman–Crippen MR) is 84.2 cm³/mol. The van der Waals surface area contributed by atoms with E-state index in [1.54, 1.807) is 32.0 Å². The maximum Gasteiger partial charge on any atom is 0.231 e. The fourth-order valence-electron chi connectivity index (χ4n) is 2.20. The summed E-state index contributed by atoms with van der Waals surface area (Å²) in [5.74, 6) is 0.956. The second-order valence-corrected chi connectivity index (χ2v) is 7.84. The third-order valence-corrected chi connectivity index (χ3v) is 5.30. The molecular formula is C16H21FN2O2S.